The summed E-state index contributed by atoms with van der Waals surface area (Å²) in [6.07, 6.45) is 3.55. The highest BCUT2D eigenvalue weighted by atomic mass is 35.5. The predicted molar refractivity (Wildman–Crippen MR) is 87.4 cm³/mol. The summed E-state index contributed by atoms with van der Waals surface area (Å²) in [5, 5.41) is 7.61. The van der Waals surface area contributed by atoms with Crippen LogP contribution in [0.5, 0.6) is 0 Å². The maximum Gasteiger partial charge on any atom is 0.170 e. The van der Waals surface area contributed by atoms with Crippen LogP contribution < -0.4 is 10.6 Å². The van der Waals surface area contributed by atoms with Gasteiger partial charge in [-0.2, -0.15) is 0 Å². The van der Waals surface area contributed by atoms with Gasteiger partial charge in [0.15, 0.2) is 5.11 Å². The van der Waals surface area contributed by atoms with Crippen LogP contribution >= 0.6 is 23.8 Å². The summed E-state index contributed by atoms with van der Waals surface area (Å²) in [4.78, 5) is 0. The van der Waals surface area contributed by atoms with Gasteiger partial charge in [-0.3, -0.25) is 0 Å². The van der Waals surface area contributed by atoms with Crippen molar-refractivity contribution in [3.63, 3.8) is 0 Å². The van der Waals surface area contributed by atoms with Crippen molar-refractivity contribution in [2.75, 3.05) is 11.9 Å². The molecule has 3 nitrogen and oxygen atoms in total. The van der Waals surface area contributed by atoms with Crippen molar-refractivity contribution in [2.24, 2.45) is 0 Å². The molecule has 2 N–H and O–H groups in total. The highest BCUT2D eigenvalue weighted by Gasteiger charge is 2.01. The van der Waals surface area contributed by atoms with Crippen LogP contribution in [0.25, 0.3) is 0 Å². The number of rotatable bonds is 5. The first-order valence-corrected chi connectivity index (χ1v) is 7.27. The molecule has 0 aliphatic rings. The Labute approximate surface area is 129 Å². The number of nitrogens with one attached hydrogen (secondary N) is 2. The minimum absolute atomic E-state index is 0.601. The van der Waals surface area contributed by atoms with Gasteiger partial charge in [0.2, 0.25) is 0 Å². The van der Waals surface area contributed by atoms with E-state index in [0.717, 1.165) is 41.4 Å². The van der Waals surface area contributed by atoms with Gasteiger partial charge in [0.1, 0.15) is 5.76 Å². The van der Waals surface area contributed by atoms with Crippen molar-refractivity contribution in [3.05, 3.63) is 52.9 Å². The van der Waals surface area contributed by atoms with Crippen molar-refractivity contribution < 1.29 is 4.42 Å². The minimum atomic E-state index is 0.601. The van der Waals surface area contributed by atoms with E-state index in [-0.39, 0.29) is 0 Å². The van der Waals surface area contributed by atoms with Crippen LogP contribution in [0.15, 0.2) is 41.0 Å². The van der Waals surface area contributed by atoms with Gasteiger partial charge in [0, 0.05) is 23.7 Å². The van der Waals surface area contributed by atoms with Crippen LogP contribution in [-0.4, -0.2) is 11.7 Å². The molecule has 1 heterocycles. The van der Waals surface area contributed by atoms with Crippen molar-refractivity contribution in [1.29, 1.82) is 0 Å². The number of benzene rings is 1. The maximum atomic E-state index is 6.07. The van der Waals surface area contributed by atoms with E-state index >= 15 is 0 Å². The molecule has 0 aliphatic heterocycles. The zero-order chi connectivity index (χ0) is 14.4. The summed E-state index contributed by atoms with van der Waals surface area (Å²) >= 11 is 11.3. The van der Waals surface area contributed by atoms with Crippen LogP contribution in [-0.2, 0) is 6.42 Å². The number of hydrogen-bond acceptors (Lipinski definition) is 2. The lowest BCUT2D eigenvalue weighted by atomic mass is 10.2. The Morgan fingerprint density at radius 2 is 2.20 bits per heavy atom. The quantitative estimate of drug-likeness (QED) is 0.642. The molecule has 20 heavy (non-hydrogen) atoms. The Morgan fingerprint density at radius 1 is 1.35 bits per heavy atom. The standard InChI is InChI=1S/C15H17ClN2OS/c1-11-6-7-12(10-14(11)16)18-15(20)17-8-2-4-13-5-3-9-19-13/h3,5-7,9-10H,2,4,8H2,1H3,(H2,17,18,20). The molecule has 0 radical (unpaired) electrons. The molecule has 2 aromatic rings. The molecule has 0 saturated carbocycles. The third kappa shape index (κ3) is 4.54. The molecule has 1 aromatic heterocycles. The summed E-state index contributed by atoms with van der Waals surface area (Å²) in [6.45, 7) is 2.77. The second-order valence-electron chi connectivity index (χ2n) is 4.53. The molecule has 0 saturated heterocycles. The largest absolute Gasteiger partial charge is 0.469 e. The molecule has 0 spiro atoms. The number of thiocarbonyl (C=S) groups is 1. The first kappa shape index (κ1) is 14.9. The van der Waals surface area contributed by atoms with Gasteiger partial charge in [-0.15, -0.1) is 0 Å². The zero-order valence-corrected chi connectivity index (χ0v) is 12.9. The van der Waals surface area contributed by atoms with Crippen LogP contribution in [0.3, 0.4) is 0 Å². The number of hydrogen-bond donors (Lipinski definition) is 2. The van der Waals surface area contributed by atoms with Crippen LogP contribution in [0.2, 0.25) is 5.02 Å². The molecule has 0 fully saturated rings. The molecular formula is C15H17ClN2OS. The van der Waals surface area contributed by atoms with E-state index in [2.05, 4.69) is 10.6 Å². The van der Waals surface area contributed by atoms with Crippen molar-refractivity contribution in [3.8, 4) is 0 Å². The van der Waals surface area contributed by atoms with E-state index < -0.39 is 0 Å². The number of anilines is 1. The first-order valence-electron chi connectivity index (χ1n) is 6.48. The topological polar surface area (TPSA) is 37.2 Å². The van der Waals surface area contributed by atoms with Crippen LogP contribution in [0.4, 0.5) is 5.69 Å². The lowest BCUT2D eigenvalue weighted by Crippen LogP contribution is -2.29. The van der Waals surface area contributed by atoms with Crippen molar-refractivity contribution in [1.82, 2.24) is 5.32 Å². The number of aryl methyl sites for hydroxylation is 2. The highest BCUT2D eigenvalue weighted by molar-refractivity contribution is 7.80. The number of furan rings is 1. The van der Waals surface area contributed by atoms with E-state index in [9.17, 15) is 0 Å². The average Bonchev–Trinajstić information content (AvgIpc) is 2.92. The lowest BCUT2D eigenvalue weighted by Gasteiger charge is -2.11. The summed E-state index contributed by atoms with van der Waals surface area (Å²) in [7, 11) is 0. The zero-order valence-electron chi connectivity index (χ0n) is 11.3. The Morgan fingerprint density at radius 3 is 2.90 bits per heavy atom. The Kier molecular flexibility index (Phi) is 5.44. The Bertz CT molecular complexity index is 569. The van der Waals surface area contributed by atoms with Crippen molar-refractivity contribution in [2.45, 2.75) is 19.8 Å². The Balaban J connectivity index is 1.71. The fourth-order valence-electron chi connectivity index (χ4n) is 1.77. The molecule has 1 aromatic carbocycles. The molecule has 0 atom stereocenters. The third-order valence-corrected chi connectivity index (χ3v) is 3.55. The normalized spacial score (nSPS) is 10.3. The molecular weight excluding hydrogens is 292 g/mol. The monoisotopic (exact) mass is 308 g/mol. The van der Waals surface area contributed by atoms with E-state index in [1.54, 1.807) is 6.26 Å². The van der Waals surface area contributed by atoms with E-state index in [0.29, 0.717) is 5.11 Å². The average molecular weight is 309 g/mol. The van der Waals surface area contributed by atoms with E-state index in [1.165, 1.54) is 0 Å². The van der Waals surface area contributed by atoms with Gasteiger partial charge < -0.3 is 15.1 Å². The first-order chi connectivity index (χ1) is 9.65. The fraction of sp³-hybridized carbons (Fsp3) is 0.267. The number of halogens is 1. The fourth-order valence-corrected chi connectivity index (χ4v) is 2.17. The van der Waals surface area contributed by atoms with Gasteiger partial charge in [0.05, 0.1) is 6.26 Å². The molecule has 0 unspecified atom stereocenters. The minimum Gasteiger partial charge on any atom is -0.469 e. The third-order valence-electron chi connectivity index (χ3n) is 2.90. The van der Waals surface area contributed by atoms with Gasteiger partial charge in [-0.25, -0.2) is 0 Å². The molecule has 0 aliphatic carbocycles. The highest BCUT2D eigenvalue weighted by Crippen LogP contribution is 2.19. The van der Waals surface area contributed by atoms with Gasteiger partial charge in [-0.1, -0.05) is 17.7 Å². The van der Waals surface area contributed by atoms with E-state index in [4.69, 9.17) is 28.2 Å². The van der Waals surface area contributed by atoms with Gasteiger partial charge in [-0.05, 0) is 55.4 Å². The summed E-state index contributed by atoms with van der Waals surface area (Å²) in [6, 6.07) is 9.66. The molecule has 106 valence electrons. The second-order valence-corrected chi connectivity index (χ2v) is 5.34. The second kappa shape index (κ2) is 7.31. The van der Waals surface area contributed by atoms with E-state index in [1.807, 2.05) is 37.3 Å². The molecule has 0 bridgehead atoms. The predicted octanol–water partition coefficient (Wildman–Crippen LogP) is 4.16. The summed E-state index contributed by atoms with van der Waals surface area (Å²) in [5.41, 5.74) is 1.94. The smallest absolute Gasteiger partial charge is 0.170 e. The molecule has 5 heteroatoms. The SMILES string of the molecule is Cc1ccc(NC(=S)NCCCc2ccco2)cc1Cl. The Hall–Kier alpha value is -1.52. The molecule has 2 rings (SSSR count). The molecule has 0 amide bonds. The van der Waals surface area contributed by atoms with Crippen LogP contribution in [0.1, 0.15) is 17.7 Å². The maximum absolute atomic E-state index is 6.07. The van der Waals surface area contributed by atoms with Crippen LogP contribution in [0, 0.1) is 6.92 Å². The summed E-state index contributed by atoms with van der Waals surface area (Å²) < 4.78 is 5.27. The summed E-state index contributed by atoms with van der Waals surface area (Å²) in [5.74, 6) is 0.996. The van der Waals surface area contributed by atoms with Gasteiger partial charge in [0.25, 0.3) is 0 Å². The van der Waals surface area contributed by atoms with Gasteiger partial charge >= 0.3 is 0 Å². The lowest BCUT2D eigenvalue weighted by molar-refractivity contribution is 0.501. The van der Waals surface area contributed by atoms with Crippen molar-refractivity contribution >= 4 is 34.6 Å².